The van der Waals surface area contributed by atoms with Crippen LogP contribution in [0.25, 0.3) is 11.1 Å². The number of benzene rings is 2. The first-order valence-electron chi connectivity index (χ1n) is 9.54. The summed E-state index contributed by atoms with van der Waals surface area (Å²) in [4.78, 5) is 24.5. The van der Waals surface area contributed by atoms with Gasteiger partial charge in [0, 0.05) is 30.5 Å². The molecule has 0 aliphatic rings. The smallest absolute Gasteiger partial charge is 0.163 e. The zero-order valence-electron chi connectivity index (χ0n) is 16.4. The van der Waals surface area contributed by atoms with E-state index >= 15 is 0 Å². The molecule has 0 radical (unpaired) electrons. The minimum Gasteiger partial charge on any atom is -0.389 e. The Morgan fingerprint density at radius 2 is 1.52 bits per heavy atom. The van der Waals surface area contributed by atoms with Crippen LogP contribution >= 0.6 is 0 Å². The molecular formula is C23H29NO3. The van der Waals surface area contributed by atoms with Gasteiger partial charge in [0.05, 0.1) is 0 Å². The van der Waals surface area contributed by atoms with Crippen molar-refractivity contribution in [2.75, 3.05) is 13.2 Å². The summed E-state index contributed by atoms with van der Waals surface area (Å²) in [6.45, 7) is 5.94. The molecule has 0 fully saturated rings. The van der Waals surface area contributed by atoms with E-state index in [1.807, 2.05) is 38.1 Å². The van der Waals surface area contributed by atoms with Crippen molar-refractivity contribution in [3.63, 3.8) is 0 Å². The molecule has 4 nitrogen and oxygen atoms in total. The van der Waals surface area contributed by atoms with Gasteiger partial charge < -0.3 is 10.4 Å². The Labute approximate surface area is 161 Å². The van der Waals surface area contributed by atoms with E-state index in [1.165, 1.54) is 5.56 Å². The maximum Gasteiger partial charge on any atom is 0.163 e. The van der Waals surface area contributed by atoms with Gasteiger partial charge in [-0.1, -0.05) is 69.3 Å². The van der Waals surface area contributed by atoms with Crippen molar-refractivity contribution in [1.82, 2.24) is 5.32 Å². The van der Waals surface area contributed by atoms with E-state index in [0.717, 1.165) is 17.5 Å². The predicted octanol–water partition coefficient (Wildman–Crippen LogP) is 3.66. The van der Waals surface area contributed by atoms with Gasteiger partial charge in [-0.25, -0.2) is 0 Å². The third kappa shape index (κ3) is 6.12. The average molecular weight is 367 g/mol. The van der Waals surface area contributed by atoms with Gasteiger partial charge in [0.2, 0.25) is 0 Å². The molecule has 0 aliphatic carbocycles. The first kappa shape index (κ1) is 21.0. The number of aliphatic hydroxyl groups excluding tert-OH is 1. The molecule has 27 heavy (non-hydrogen) atoms. The SMILES string of the molecule is CCc1ccc(-c2ccc(C(=O)C[C@@H](CNC(C)C)C(=O)CO)cc2)cc1. The van der Waals surface area contributed by atoms with Crippen molar-refractivity contribution in [3.05, 3.63) is 59.7 Å². The summed E-state index contributed by atoms with van der Waals surface area (Å²) >= 11 is 0. The number of nitrogens with one attached hydrogen (secondary N) is 1. The summed E-state index contributed by atoms with van der Waals surface area (Å²) in [5.74, 6) is -0.893. The van der Waals surface area contributed by atoms with Crippen molar-refractivity contribution >= 4 is 11.6 Å². The number of Topliss-reactive ketones (excluding diaryl/α,β-unsaturated/α-hetero) is 2. The average Bonchev–Trinajstić information content (AvgIpc) is 2.70. The largest absolute Gasteiger partial charge is 0.389 e. The minimum absolute atomic E-state index is 0.0831. The summed E-state index contributed by atoms with van der Waals surface area (Å²) in [5.41, 5.74) is 4.05. The normalized spacial score (nSPS) is 12.2. The van der Waals surface area contributed by atoms with Gasteiger partial charge in [0.1, 0.15) is 6.61 Å². The Morgan fingerprint density at radius 3 is 2.00 bits per heavy atom. The molecule has 0 spiro atoms. The quantitative estimate of drug-likeness (QED) is 0.629. The van der Waals surface area contributed by atoms with Gasteiger partial charge >= 0.3 is 0 Å². The van der Waals surface area contributed by atoms with E-state index in [9.17, 15) is 9.59 Å². The van der Waals surface area contributed by atoms with E-state index in [0.29, 0.717) is 12.1 Å². The molecule has 0 saturated heterocycles. The summed E-state index contributed by atoms with van der Waals surface area (Å²) in [6, 6.07) is 16.1. The number of carbonyl (C=O) groups is 2. The van der Waals surface area contributed by atoms with Crippen LogP contribution in [0.3, 0.4) is 0 Å². The monoisotopic (exact) mass is 367 g/mol. The lowest BCUT2D eigenvalue weighted by molar-refractivity contribution is -0.125. The number of aliphatic hydroxyl groups is 1. The number of ketones is 2. The van der Waals surface area contributed by atoms with E-state index < -0.39 is 12.5 Å². The summed E-state index contributed by atoms with van der Waals surface area (Å²) in [7, 11) is 0. The zero-order chi connectivity index (χ0) is 19.8. The van der Waals surface area contributed by atoms with Crippen molar-refractivity contribution in [2.24, 2.45) is 5.92 Å². The summed E-state index contributed by atoms with van der Waals surface area (Å²) in [6.07, 6.45) is 1.11. The molecule has 0 heterocycles. The van der Waals surface area contributed by atoms with Crippen LogP contribution in [0.1, 0.15) is 43.1 Å². The fourth-order valence-electron chi connectivity index (χ4n) is 2.93. The number of aryl methyl sites for hydroxylation is 1. The molecule has 0 saturated carbocycles. The molecule has 0 bridgehead atoms. The molecule has 1 atom stereocenters. The van der Waals surface area contributed by atoms with Crippen LogP contribution in [-0.2, 0) is 11.2 Å². The van der Waals surface area contributed by atoms with Crippen LogP contribution in [0, 0.1) is 5.92 Å². The van der Waals surface area contributed by atoms with Crippen LogP contribution in [0.5, 0.6) is 0 Å². The highest BCUT2D eigenvalue weighted by Crippen LogP contribution is 2.21. The van der Waals surface area contributed by atoms with Crippen molar-refractivity contribution < 1.29 is 14.7 Å². The predicted molar refractivity (Wildman–Crippen MR) is 109 cm³/mol. The topological polar surface area (TPSA) is 66.4 Å². The Balaban J connectivity index is 2.07. The molecule has 2 rings (SSSR count). The summed E-state index contributed by atoms with van der Waals surface area (Å²) in [5, 5.41) is 12.3. The fraction of sp³-hybridized carbons (Fsp3) is 0.391. The summed E-state index contributed by atoms with van der Waals surface area (Å²) < 4.78 is 0. The number of carbonyl (C=O) groups excluding carboxylic acids is 2. The Kier molecular flexibility index (Phi) is 7.89. The second-order valence-electron chi connectivity index (χ2n) is 7.14. The first-order chi connectivity index (χ1) is 12.9. The van der Waals surface area contributed by atoms with Gasteiger partial charge in [-0.15, -0.1) is 0 Å². The molecule has 0 aliphatic heterocycles. The van der Waals surface area contributed by atoms with Crippen LogP contribution in [0.2, 0.25) is 0 Å². The number of hydrogen-bond acceptors (Lipinski definition) is 4. The van der Waals surface area contributed by atoms with Crippen LogP contribution in [0.4, 0.5) is 0 Å². The minimum atomic E-state index is -0.537. The van der Waals surface area contributed by atoms with Crippen molar-refractivity contribution in [2.45, 2.75) is 39.7 Å². The van der Waals surface area contributed by atoms with Gasteiger partial charge in [0.15, 0.2) is 11.6 Å². The molecule has 144 valence electrons. The second-order valence-corrected chi connectivity index (χ2v) is 7.14. The number of rotatable bonds is 10. The van der Waals surface area contributed by atoms with E-state index in [2.05, 4.69) is 36.5 Å². The maximum absolute atomic E-state index is 12.6. The van der Waals surface area contributed by atoms with E-state index in [4.69, 9.17) is 5.11 Å². The standard InChI is InChI=1S/C23H29NO3/c1-4-17-5-7-18(8-6-17)19-9-11-20(12-10-19)22(26)13-21(23(27)15-25)14-24-16(2)3/h5-12,16,21,24-25H,4,13-15H2,1-3H3/t21-/m0/s1. The van der Waals surface area contributed by atoms with Gasteiger partial charge in [-0.3, -0.25) is 9.59 Å². The van der Waals surface area contributed by atoms with Gasteiger partial charge in [-0.2, -0.15) is 0 Å². The molecule has 2 aromatic carbocycles. The molecule has 2 N–H and O–H groups in total. The van der Waals surface area contributed by atoms with E-state index in [-0.39, 0.29) is 24.0 Å². The molecule has 2 aromatic rings. The fourth-order valence-corrected chi connectivity index (χ4v) is 2.93. The Bertz CT molecular complexity index is 748. The molecule has 0 amide bonds. The van der Waals surface area contributed by atoms with Crippen molar-refractivity contribution in [1.29, 1.82) is 0 Å². The lowest BCUT2D eigenvalue weighted by Gasteiger charge is -2.17. The third-order valence-corrected chi connectivity index (χ3v) is 4.72. The zero-order valence-corrected chi connectivity index (χ0v) is 16.4. The molecule has 0 unspecified atom stereocenters. The number of hydrogen-bond donors (Lipinski definition) is 2. The highest BCUT2D eigenvalue weighted by molar-refractivity contribution is 5.99. The van der Waals surface area contributed by atoms with Crippen molar-refractivity contribution in [3.8, 4) is 11.1 Å². The molecular weight excluding hydrogens is 338 g/mol. The van der Waals surface area contributed by atoms with Crippen LogP contribution in [0.15, 0.2) is 48.5 Å². The lowest BCUT2D eigenvalue weighted by Crippen LogP contribution is -2.35. The first-order valence-corrected chi connectivity index (χ1v) is 9.54. The van der Waals surface area contributed by atoms with Gasteiger partial charge in [0.25, 0.3) is 0 Å². The molecule has 0 aromatic heterocycles. The Morgan fingerprint density at radius 1 is 0.963 bits per heavy atom. The Hall–Kier alpha value is -2.30. The third-order valence-electron chi connectivity index (χ3n) is 4.72. The maximum atomic E-state index is 12.6. The highest BCUT2D eigenvalue weighted by atomic mass is 16.3. The highest BCUT2D eigenvalue weighted by Gasteiger charge is 2.22. The van der Waals surface area contributed by atoms with E-state index in [1.54, 1.807) is 0 Å². The molecule has 4 heteroatoms. The van der Waals surface area contributed by atoms with Gasteiger partial charge in [-0.05, 0) is 23.1 Å². The lowest BCUT2D eigenvalue weighted by atomic mass is 9.93. The second kappa shape index (κ2) is 10.1. The van der Waals surface area contributed by atoms with Crippen LogP contribution in [-0.4, -0.2) is 35.9 Å². The van der Waals surface area contributed by atoms with Crippen LogP contribution < -0.4 is 5.32 Å².